The second kappa shape index (κ2) is 6.37. The fourth-order valence-electron chi connectivity index (χ4n) is 5.94. The van der Waals surface area contributed by atoms with E-state index in [1.54, 1.807) is 0 Å². The van der Waals surface area contributed by atoms with E-state index in [1.165, 1.54) is 30.4 Å². The third kappa shape index (κ3) is 3.15. The maximum absolute atomic E-state index is 10.6. The molecule has 0 radical (unpaired) electrons. The highest BCUT2D eigenvalue weighted by molar-refractivity contribution is 5.29. The maximum Gasteiger partial charge on any atom is 0.0900 e. The van der Waals surface area contributed by atoms with Gasteiger partial charge in [-0.1, -0.05) is 45.0 Å². The Labute approximate surface area is 152 Å². The van der Waals surface area contributed by atoms with Crippen molar-refractivity contribution in [3.63, 3.8) is 0 Å². The molecule has 3 heteroatoms. The lowest BCUT2D eigenvalue weighted by Gasteiger charge is -2.42. The number of β-amino-alcohol motifs (C(OH)–C–C–N with tert-alkyl or cyclic N) is 1. The zero-order chi connectivity index (χ0) is 17.7. The zero-order valence-electron chi connectivity index (χ0n) is 16.0. The van der Waals surface area contributed by atoms with Crippen LogP contribution in [-0.2, 0) is 17.7 Å². The van der Waals surface area contributed by atoms with Gasteiger partial charge in [-0.3, -0.25) is 4.90 Å². The van der Waals surface area contributed by atoms with Crippen LogP contribution < -0.4 is 0 Å². The average molecular weight is 344 g/mol. The summed E-state index contributed by atoms with van der Waals surface area (Å²) in [7, 11) is 0. The molecule has 0 spiro atoms. The molecule has 25 heavy (non-hydrogen) atoms. The predicted octanol–water partition coefficient (Wildman–Crippen LogP) is 3.64. The van der Waals surface area contributed by atoms with Crippen molar-refractivity contribution < 1.29 is 9.84 Å². The van der Waals surface area contributed by atoms with Crippen LogP contribution in [-0.4, -0.2) is 41.9 Å². The minimum atomic E-state index is -0.399. The first-order valence-electron chi connectivity index (χ1n) is 9.97. The zero-order valence-corrected chi connectivity index (χ0v) is 16.0. The molecule has 0 aromatic heterocycles. The molecular formula is C22H33NO2. The van der Waals surface area contributed by atoms with E-state index >= 15 is 0 Å². The second-order valence-corrected chi connectivity index (χ2v) is 9.54. The van der Waals surface area contributed by atoms with Gasteiger partial charge in [-0.25, -0.2) is 0 Å². The van der Waals surface area contributed by atoms with Crippen LogP contribution in [0.1, 0.15) is 51.2 Å². The number of ether oxygens (including phenoxy) is 1. The molecule has 0 amide bonds. The van der Waals surface area contributed by atoms with Gasteiger partial charge < -0.3 is 9.84 Å². The lowest BCUT2D eigenvalue weighted by molar-refractivity contribution is -0.113. The van der Waals surface area contributed by atoms with Crippen LogP contribution in [0.2, 0.25) is 0 Å². The van der Waals surface area contributed by atoms with Crippen LogP contribution in [0.3, 0.4) is 0 Å². The van der Waals surface area contributed by atoms with Crippen molar-refractivity contribution in [3.05, 3.63) is 35.4 Å². The van der Waals surface area contributed by atoms with E-state index in [9.17, 15) is 5.11 Å². The summed E-state index contributed by atoms with van der Waals surface area (Å²) >= 11 is 0. The molecule has 1 N–H and O–H groups in total. The van der Waals surface area contributed by atoms with Crippen LogP contribution in [0, 0.1) is 16.7 Å². The third-order valence-electron chi connectivity index (χ3n) is 7.27. The molecular weight excluding hydrogens is 310 g/mol. The fraction of sp³-hybridized carbons (Fsp3) is 0.727. The standard InChI is InChI=1S/C22H33NO2/c1-21(2)18-8-10-22(3,12-18)20(21)25-15-19(24)14-23-11-9-16-6-4-5-7-17(16)13-23/h4-7,18-20,24H,8-15H2,1-3H3/t18-,19-,20+,22+/m0/s1. The lowest BCUT2D eigenvalue weighted by atomic mass is 9.70. The molecule has 1 aromatic rings. The number of rotatable bonds is 5. The molecule has 0 saturated heterocycles. The molecule has 3 aliphatic rings. The molecule has 4 rings (SSSR count). The number of aliphatic hydroxyl groups is 1. The molecule has 0 unspecified atom stereocenters. The van der Waals surface area contributed by atoms with E-state index in [1.807, 2.05) is 0 Å². The van der Waals surface area contributed by atoms with Crippen molar-refractivity contribution in [2.45, 2.75) is 65.2 Å². The minimum Gasteiger partial charge on any atom is -0.389 e. The number of fused-ring (bicyclic) bond motifs is 3. The number of nitrogens with zero attached hydrogens (tertiary/aromatic N) is 1. The predicted molar refractivity (Wildman–Crippen MR) is 100 cm³/mol. The Morgan fingerprint density at radius 2 is 2.00 bits per heavy atom. The monoisotopic (exact) mass is 343 g/mol. The van der Waals surface area contributed by atoms with Gasteiger partial charge in [0, 0.05) is 19.6 Å². The Balaban J connectivity index is 1.31. The molecule has 2 bridgehead atoms. The van der Waals surface area contributed by atoms with Gasteiger partial charge in [-0.15, -0.1) is 0 Å². The SMILES string of the molecule is CC1(C)[C@H]2CC[C@](C)(C2)[C@@H]1OC[C@@H](O)CN1CCc2ccccc2C1. The van der Waals surface area contributed by atoms with Gasteiger partial charge >= 0.3 is 0 Å². The number of aliphatic hydroxyl groups excluding tert-OH is 1. The van der Waals surface area contributed by atoms with Gasteiger partial charge in [0.05, 0.1) is 18.8 Å². The minimum absolute atomic E-state index is 0.247. The second-order valence-electron chi connectivity index (χ2n) is 9.54. The van der Waals surface area contributed by atoms with Crippen LogP contribution in [0.25, 0.3) is 0 Å². The summed E-state index contributed by atoms with van der Waals surface area (Å²) in [5, 5.41) is 10.6. The molecule has 1 heterocycles. The van der Waals surface area contributed by atoms with E-state index in [0.29, 0.717) is 18.6 Å². The van der Waals surface area contributed by atoms with Crippen molar-refractivity contribution in [1.29, 1.82) is 0 Å². The van der Waals surface area contributed by atoms with E-state index in [0.717, 1.165) is 25.4 Å². The van der Waals surface area contributed by atoms with Crippen LogP contribution in [0.4, 0.5) is 0 Å². The van der Waals surface area contributed by atoms with Crippen LogP contribution in [0.15, 0.2) is 24.3 Å². The molecule has 1 aliphatic heterocycles. The summed E-state index contributed by atoms with van der Waals surface area (Å²) in [6.45, 7) is 10.3. The summed E-state index contributed by atoms with van der Waals surface area (Å²) in [6.07, 6.45) is 4.89. The van der Waals surface area contributed by atoms with Crippen molar-refractivity contribution >= 4 is 0 Å². The number of hydrogen-bond acceptors (Lipinski definition) is 3. The fourth-order valence-corrected chi connectivity index (χ4v) is 5.94. The number of hydrogen-bond donors (Lipinski definition) is 1. The highest BCUT2D eigenvalue weighted by Gasteiger charge is 2.60. The highest BCUT2D eigenvalue weighted by atomic mass is 16.5. The molecule has 4 atom stereocenters. The largest absolute Gasteiger partial charge is 0.389 e. The topological polar surface area (TPSA) is 32.7 Å². The first-order chi connectivity index (χ1) is 11.9. The van der Waals surface area contributed by atoms with E-state index in [4.69, 9.17) is 4.74 Å². The molecule has 2 aliphatic carbocycles. The Kier molecular flexibility index (Phi) is 4.46. The van der Waals surface area contributed by atoms with E-state index in [2.05, 4.69) is 49.9 Å². The Morgan fingerprint density at radius 1 is 1.24 bits per heavy atom. The van der Waals surface area contributed by atoms with Gasteiger partial charge in [0.2, 0.25) is 0 Å². The van der Waals surface area contributed by atoms with Gasteiger partial charge in [-0.05, 0) is 53.6 Å². The summed E-state index contributed by atoms with van der Waals surface area (Å²) in [5.74, 6) is 0.790. The molecule has 138 valence electrons. The van der Waals surface area contributed by atoms with Gasteiger partial charge in [-0.2, -0.15) is 0 Å². The normalized spacial score (nSPS) is 34.9. The molecule has 3 nitrogen and oxygen atoms in total. The van der Waals surface area contributed by atoms with Gasteiger partial charge in [0.1, 0.15) is 0 Å². The Bertz CT molecular complexity index is 623. The quantitative estimate of drug-likeness (QED) is 0.886. The van der Waals surface area contributed by atoms with Crippen LogP contribution in [0.5, 0.6) is 0 Å². The van der Waals surface area contributed by atoms with Crippen molar-refractivity contribution in [3.8, 4) is 0 Å². The Hall–Kier alpha value is -0.900. The summed E-state index contributed by atoms with van der Waals surface area (Å²) in [4.78, 5) is 2.37. The van der Waals surface area contributed by atoms with E-state index in [-0.39, 0.29) is 11.5 Å². The smallest absolute Gasteiger partial charge is 0.0900 e. The summed E-state index contributed by atoms with van der Waals surface area (Å²) in [5.41, 5.74) is 3.43. The highest BCUT2D eigenvalue weighted by Crippen LogP contribution is 2.63. The average Bonchev–Trinajstić information content (AvgIpc) is 3.05. The first-order valence-corrected chi connectivity index (χ1v) is 9.97. The number of benzene rings is 1. The van der Waals surface area contributed by atoms with Crippen LogP contribution >= 0.6 is 0 Å². The first kappa shape index (κ1) is 17.5. The summed E-state index contributed by atoms with van der Waals surface area (Å²) in [6, 6.07) is 8.67. The molecule has 1 aromatic carbocycles. The molecule has 2 fully saturated rings. The van der Waals surface area contributed by atoms with Crippen molar-refractivity contribution in [2.24, 2.45) is 16.7 Å². The van der Waals surface area contributed by atoms with Gasteiger partial charge in [0.25, 0.3) is 0 Å². The van der Waals surface area contributed by atoms with Gasteiger partial charge in [0.15, 0.2) is 0 Å². The summed E-state index contributed by atoms with van der Waals surface area (Å²) < 4.78 is 6.35. The van der Waals surface area contributed by atoms with E-state index < -0.39 is 6.10 Å². The molecule has 2 saturated carbocycles. The maximum atomic E-state index is 10.6. The third-order valence-corrected chi connectivity index (χ3v) is 7.27. The van der Waals surface area contributed by atoms with Crippen molar-refractivity contribution in [2.75, 3.05) is 19.7 Å². The lowest BCUT2D eigenvalue weighted by Crippen LogP contribution is -2.45. The Morgan fingerprint density at radius 3 is 2.72 bits per heavy atom. The van der Waals surface area contributed by atoms with Crippen molar-refractivity contribution in [1.82, 2.24) is 4.90 Å².